The first-order chi connectivity index (χ1) is 12.8. The zero-order valence-corrected chi connectivity index (χ0v) is 17.7. The van der Waals surface area contributed by atoms with E-state index >= 15 is 0 Å². The first kappa shape index (κ1) is 23.2. The molecule has 3 nitrogen and oxygen atoms in total. The van der Waals surface area contributed by atoms with Crippen LogP contribution in [0, 0.1) is 0 Å². The molecule has 1 heterocycles. The van der Waals surface area contributed by atoms with Gasteiger partial charge >= 0.3 is 0 Å². The summed E-state index contributed by atoms with van der Waals surface area (Å²) < 4.78 is 0. The van der Waals surface area contributed by atoms with E-state index in [0.717, 1.165) is 19.5 Å². The van der Waals surface area contributed by atoms with Gasteiger partial charge in [0.15, 0.2) is 0 Å². The largest absolute Gasteiger partial charge is 0.343 e. The van der Waals surface area contributed by atoms with Crippen LogP contribution in [-0.4, -0.2) is 30.0 Å². The number of nitrogens with zero attached hydrogens (tertiary/aromatic N) is 2. The molecule has 0 aromatic heterocycles. The lowest BCUT2D eigenvalue weighted by Crippen LogP contribution is -2.41. The summed E-state index contributed by atoms with van der Waals surface area (Å²) in [7, 11) is 0. The fourth-order valence-corrected chi connectivity index (χ4v) is 3.70. The summed E-state index contributed by atoms with van der Waals surface area (Å²) in [5, 5.41) is 0. The van der Waals surface area contributed by atoms with Gasteiger partial charge in [-0.2, -0.15) is 0 Å². The predicted molar refractivity (Wildman–Crippen MR) is 117 cm³/mol. The summed E-state index contributed by atoms with van der Waals surface area (Å²) in [4.78, 5) is 6.86. The van der Waals surface area contributed by atoms with E-state index in [-0.39, 0.29) is 6.17 Å². The lowest BCUT2D eigenvalue weighted by molar-refractivity contribution is 0.358. The van der Waals surface area contributed by atoms with E-state index in [4.69, 9.17) is 5.73 Å². The molecule has 0 fully saturated rings. The van der Waals surface area contributed by atoms with Crippen molar-refractivity contribution in [3.8, 4) is 0 Å². The van der Waals surface area contributed by atoms with Crippen molar-refractivity contribution in [2.24, 2.45) is 10.7 Å². The molecule has 1 aliphatic rings. The first-order valence-electron chi connectivity index (χ1n) is 11.5. The maximum Gasteiger partial charge on any atom is 0.100 e. The molecule has 0 amide bonds. The van der Waals surface area contributed by atoms with E-state index in [1.165, 1.54) is 95.7 Å². The Morgan fingerprint density at radius 2 is 1.42 bits per heavy atom. The minimum Gasteiger partial charge on any atom is -0.343 e. The molecule has 1 aliphatic heterocycles. The second-order valence-electron chi connectivity index (χ2n) is 7.92. The average Bonchev–Trinajstić information content (AvgIpc) is 3.10. The summed E-state index contributed by atoms with van der Waals surface area (Å²) in [6.45, 7) is 6.29. The van der Waals surface area contributed by atoms with Gasteiger partial charge in [0.25, 0.3) is 0 Å². The molecule has 1 atom stereocenters. The first-order valence-corrected chi connectivity index (χ1v) is 11.5. The number of hydrogen-bond acceptors (Lipinski definition) is 3. The molecule has 152 valence electrons. The van der Waals surface area contributed by atoms with Crippen molar-refractivity contribution < 1.29 is 0 Å². The van der Waals surface area contributed by atoms with Crippen molar-refractivity contribution in [2.45, 2.75) is 116 Å². The molecular weight excluding hydrogens is 318 g/mol. The van der Waals surface area contributed by atoms with Crippen LogP contribution in [-0.2, 0) is 0 Å². The summed E-state index contributed by atoms with van der Waals surface area (Å²) >= 11 is 0. The lowest BCUT2D eigenvalue weighted by atomic mass is 10.1. The van der Waals surface area contributed by atoms with E-state index < -0.39 is 0 Å². The molecule has 2 N–H and O–H groups in total. The van der Waals surface area contributed by atoms with Crippen molar-refractivity contribution in [3.05, 3.63) is 12.2 Å². The quantitative estimate of drug-likeness (QED) is 0.239. The lowest BCUT2D eigenvalue weighted by Gasteiger charge is -2.24. The monoisotopic (exact) mass is 363 g/mol. The van der Waals surface area contributed by atoms with Gasteiger partial charge in [-0.1, -0.05) is 76.9 Å². The molecular formula is C23H45N3. The van der Waals surface area contributed by atoms with E-state index in [1.807, 2.05) is 0 Å². The number of unbranched alkanes of at least 4 members (excludes halogenated alkanes) is 12. The number of rotatable bonds is 17. The van der Waals surface area contributed by atoms with Gasteiger partial charge in [0, 0.05) is 13.0 Å². The Morgan fingerprint density at radius 1 is 0.885 bits per heavy atom. The standard InChI is InChI=1S/C23H45N3/c1-3-4-5-6-7-8-9-10-11-12-13-14-15-16-17-18-19-23-25-20-21-26(23)22(2)24/h10-11,22H,3-9,12-21,24H2,1-2H3/b11-10+. The molecule has 0 aliphatic carbocycles. The van der Waals surface area contributed by atoms with Crippen molar-refractivity contribution in [1.82, 2.24) is 4.90 Å². The third kappa shape index (κ3) is 11.7. The Balaban J connectivity index is 1.81. The topological polar surface area (TPSA) is 41.6 Å². The van der Waals surface area contributed by atoms with Crippen molar-refractivity contribution in [2.75, 3.05) is 13.1 Å². The Labute approximate surface area is 163 Å². The van der Waals surface area contributed by atoms with Gasteiger partial charge in [-0.05, 0) is 39.0 Å². The Kier molecular flexibility index (Phi) is 14.6. The Hall–Kier alpha value is -0.830. The van der Waals surface area contributed by atoms with Crippen LogP contribution in [0.3, 0.4) is 0 Å². The summed E-state index contributed by atoms with van der Waals surface area (Å²) in [5.41, 5.74) is 5.99. The van der Waals surface area contributed by atoms with Crippen LogP contribution in [0.1, 0.15) is 110 Å². The highest BCUT2D eigenvalue weighted by atomic mass is 15.3. The highest BCUT2D eigenvalue weighted by molar-refractivity contribution is 5.83. The van der Waals surface area contributed by atoms with Gasteiger partial charge in [0.2, 0.25) is 0 Å². The minimum absolute atomic E-state index is 0.116. The molecule has 0 aromatic carbocycles. The second-order valence-corrected chi connectivity index (χ2v) is 7.92. The molecule has 0 saturated carbocycles. The normalized spacial score (nSPS) is 15.8. The van der Waals surface area contributed by atoms with Crippen molar-refractivity contribution in [3.63, 3.8) is 0 Å². The van der Waals surface area contributed by atoms with E-state index in [1.54, 1.807) is 0 Å². The molecule has 1 rings (SSSR count). The van der Waals surface area contributed by atoms with Gasteiger partial charge in [-0.3, -0.25) is 4.99 Å². The van der Waals surface area contributed by atoms with E-state index in [9.17, 15) is 0 Å². The smallest absolute Gasteiger partial charge is 0.100 e. The van der Waals surface area contributed by atoms with Crippen LogP contribution in [0.2, 0.25) is 0 Å². The van der Waals surface area contributed by atoms with Crippen molar-refractivity contribution >= 4 is 5.84 Å². The van der Waals surface area contributed by atoms with Crippen LogP contribution in [0.4, 0.5) is 0 Å². The van der Waals surface area contributed by atoms with Crippen LogP contribution < -0.4 is 5.73 Å². The maximum absolute atomic E-state index is 5.99. The Bertz CT molecular complexity index is 374. The van der Waals surface area contributed by atoms with Crippen LogP contribution in [0.15, 0.2) is 17.1 Å². The average molecular weight is 364 g/mol. The van der Waals surface area contributed by atoms with E-state index in [2.05, 4.69) is 35.9 Å². The Morgan fingerprint density at radius 3 is 2.00 bits per heavy atom. The van der Waals surface area contributed by atoms with Gasteiger partial charge < -0.3 is 10.6 Å². The number of nitrogens with two attached hydrogens (primary N) is 1. The van der Waals surface area contributed by atoms with Crippen LogP contribution >= 0.6 is 0 Å². The van der Waals surface area contributed by atoms with E-state index in [0.29, 0.717) is 0 Å². The zero-order valence-electron chi connectivity index (χ0n) is 17.7. The second kappa shape index (κ2) is 16.4. The van der Waals surface area contributed by atoms with Crippen LogP contribution in [0.5, 0.6) is 0 Å². The molecule has 3 heteroatoms. The summed E-state index contributed by atoms with van der Waals surface area (Å²) in [6, 6.07) is 0. The SMILES string of the molecule is CCCCCCCC/C=C/CCCCCCCCC1=NCCN1C(C)N. The fraction of sp³-hybridized carbons (Fsp3) is 0.870. The third-order valence-corrected chi connectivity index (χ3v) is 5.37. The molecule has 1 unspecified atom stereocenters. The van der Waals surface area contributed by atoms with Gasteiger partial charge in [-0.25, -0.2) is 0 Å². The van der Waals surface area contributed by atoms with Gasteiger partial charge in [0.05, 0.1) is 12.7 Å². The molecule has 0 bridgehead atoms. The number of hydrogen-bond donors (Lipinski definition) is 1. The highest BCUT2D eigenvalue weighted by Gasteiger charge is 2.18. The number of allylic oxidation sites excluding steroid dienone is 2. The van der Waals surface area contributed by atoms with Crippen LogP contribution in [0.25, 0.3) is 0 Å². The number of aliphatic imine (C=N–C) groups is 1. The van der Waals surface area contributed by atoms with Gasteiger partial charge in [0.1, 0.15) is 5.84 Å². The molecule has 0 spiro atoms. The molecule has 0 saturated heterocycles. The zero-order chi connectivity index (χ0) is 18.9. The third-order valence-electron chi connectivity index (χ3n) is 5.37. The predicted octanol–water partition coefficient (Wildman–Crippen LogP) is 6.43. The maximum atomic E-state index is 5.99. The number of amidine groups is 1. The molecule has 26 heavy (non-hydrogen) atoms. The fourth-order valence-electron chi connectivity index (χ4n) is 3.70. The summed E-state index contributed by atoms with van der Waals surface area (Å²) in [6.07, 6.45) is 25.1. The van der Waals surface area contributed by atoms with Crippen molar-refractivity contribution in [1.29, 1.82) is 0 Å². The minimum atomic E-state index is 0.116. The molecule has 0 radical (unpaired) electrons. The summed E-state index contributed by atoms with van der Waals surface area (Å²) in [5.74, 6) is 1.25. The highest BCUT2D eigenvalue weighted by Crippen LogP contribution is 2.14. The van der Waals surface area contributed by atoms with Gasteiger partial charge in [-0.15, -0.1) is 0 Å². The molecule has 0 aromatic rings.